The lowest BCUT2D eigenvalue weighted by Crippen LogP contribution is -2.40. The molecule has 0 aliphatic carbocycles. The van der Waals surface area contributed by atoms with Crippen LogP contribution >= 0.6 is 11.8 Å². The zero-order valence-electron chi connectivity index (χ0n) is 19.0. The highest BCUT2D eigenvalue weighted by atomic mass is 32.2. The van der Waals surface area contributed by atoms with Crippen molar-refractivity contribution >= 4 is 29.6 Å². The van der Waals surface area contributed by atoms with Gasteiger partial charge in [-0.15, -0.1) is 0 Å². The number of phenols is 1. The fraction of sp³-hybridized carbons (Fsp3) is 0.435. The predicted octanol–water partition coefficient (Wildman–Crippen LogP) is 2.75. The molecule has 0 radical (unpaired) electrons. The third kappa shape index (κ3) is 4.52. The lowest BCUT2D eigenvalue weighted by molar-refractivity contribution is -0.140. The Kier molecular flexibility index (Phi) is 7.57. The van der Waals surface area contributed by atoms with Gasteiger partial charge in [-0.05, 0) is 38.0 Å². The van der Waals surface area contributed by atoms with Gasteiger partial charge in [0.2, 0.25) is 5.91 Å². The van der Waals surface area contributed by atoms with Crippen molar-refractivity contribution in [1.29, 1.82) is 0 Å². The zero-order valence-corrected chi connectivity index (χ0v) is 19.9. The number of methoxy groups -OCH3 is 1. The number of nitrogens with zero attached hydrogens (tertiary/aromatic N) is 1. The van der Waals surface area contributed by atoms with Crippen molar-refractivity contribution < 1.29 is 33.7 Å². The highest BCUT2D eigenvalue weighted by molar-refractivity contribution is 8.04. The second-order valence-corrected chi connectivity index (χ2v) is 8.86. The first kappa shape index (κ1) is 24.5. The molecule has 1 saturated heterocycles. The third-order valence-corrected chi connectivity index (χ3v) is 6.55. The summed E-state index contributed by atoms with van der Waals surface area (Å²) >= 11 is 1.18. The maximum atomic E-state index is 13.2. The molecule has 178 valence electrons. The Bertz CT molecular complexity index is 1030. The minimum atomic E-state index is -0.982. The molecule has 0 aromatic heterocycles. The van der Waals surface area contributed by atoms with Gasteiger partial charge in [-0.1, -0.05) is 31.2 Å². The summed E-state index contributed by atoms with van der Waals surface area (Å²) in [4.78, 5) is 40.5. The van der Waals surface area contributed by atoms with Crippen molar-refractivity contribution in [2.45, 2.75) is 44.8 Å². The van der Waals surface area contributed by atoms with Crippen molar-refractivity contribution in [3.8, 4) is 11.5 Å². The van der Waals surface area contributed by atoms with E-state index in [9.17, 15) is 19.5 Å². The molecule has 3 N–H and O–H groups in total. The Morgan fingerprint density at radius 2 is 1.88 bits per heavy atom. The van der Waals surface area contributed by atoms with Gasteiger partial charge in [0.05, 0.1) is 47.7 Å². The van der Waals surface area contributed by atoms with Gasteiger partial charge in [0.1, 0.15) is 5.82 Å². The summed E-state index contributed by atoms with van der Waals surface area (Å²) in [5.74, 6) is -2.75. The molecule has 1 amide bonds. The molecule has 0 spiro atoms. The predicted molar refractivity (Wildman–Crippen MR) is 122 cm³/mol. The summed E-state index contributed by atoms with van der Waals surface area (Å²) in [7, 11) is 1.39. The number of amides is 1. The van der Waals surface area contributed by atoms with Gasteiger partial charge in [-0.25, -0.2) is 9.59 Å². The lowest BCUT2D eigenvalue weighted by Gasteiger charge is -2.33. The Hall–Kier alpha value is -3.14. The van der Waals surface area contributed by atoms with E-state index in [1.165, 1.54) is 35.9 Å². The summed E-state index contributed by atoms with van der Waals surface area (Å²) in [5, 5.41) is 9.89. The summed E-state index contributed by atoms with van der Waals surface area (Å²) in [5.41, 5.74) is 6.93. The molecule has 2 heterocycles. The van der Waals surface area contributed by atoms with Crippen molar-refractivity contribution in [3.63, 3.8) is 0 Å². The SMILES string of the molecule is CCCCOC(=O)C1=C(N)N2C(=O)[C@@H](C)SC2=C(C(=O)OCC)[C@H]1c1ccc(O)c(OC)c1. The fourth-order valence-corrected chi connectivity index (χ4v) is 4.89. The third-order valence-electron chi connectivity index (χ3n) is 5.37. The van der Waals surface area contributed by atoms with Crippen LogP contribution < -0.4 is 10.5 Å². The second kappa shape index (κ2) is 10.2. The summed E-state index contributed by atoms with van der Waals surface area (Å²) < 4.78 is 16.0. The van der Waals surface area contributed by atoms with Crippen LogP contribution in [0.3, 0.4) is 0 Å². The molecular formula is C23H28N2O7S. The molecule has 0 saturated carbocycles. The quantitative estimate of drug-likeness (QED) is 0.430. The average molecular weight is 477 g/mol. The molecule has 1 fully saturated rings. The first-order valence-electron chi connectivity index (χ1n) is 10.7. The van der Waals surface area contributed by atoms with Crippen LogP contribution in [0.5, 0.6) is 11.5 Å². The van der Waals surface area contributed by atoms with Crippen LogP contribution in [0.1, 0.15) is 45.1 Å². The van der Waals surface area contributed by atoms with E-state index in [-0.39, 0.29) is 47.6 Å². The number of fused-ring (bicyclic) bond motifs is 1. The molecule has 1 aromatic carbocycles. The molecule has 2 aliphatic heterocycles. The number of esters is 2. The number of carbonyl (C=O) groups is 3. The highest BCUT2D eigenvalue weighted by Gasteiger charge is 2.49. The number of carbonyl (C=O) groups excluding carboxylic acids is 3. The maximum Gasteiger partial charge on any atom is 0.338 e. The molecule has 33 heavy (non-hydrogen) atoms. The monoisotopic (exact) mass is 476 g/mol. The molecule has 10 heteroatoms. The first-order chi connectivity index (χ1) is 15.8. The van der Waals surface area contributed by atoms with Crippen LogP contribution in [-0.4, -0.2) is 53.4 Å². The van der Waals surface area contributed by atoms with Crippen LogP contribution in [0.2, 0.25) is 0 Å². The number of rotatable bonds is 8. The van der Waals surface area contributed by atoms with Crippen molar-refractivity contribution in [1.82, 2.24) is 4.90 Å². The number of thioether (sulfide) groups is 1. The number of benzene rings is 1. The normalized spacial score (nSPS) is 20.1. The molecule has 0 unspecified atom stereocenters. The van der Waals surface area contributed by atoms with Gasteiger partial charge in [0, 0.05) is 0 Å². The number of unbranched alkanes of at least 4 members (excludes halogenated alkanes) is 1. The largest absolute Gasteiger partial charge is 0.504 e. The van der Waals surface area contributed by atoms with E-state index in [0.717, 1.165) is 6.42 Å². The van der Waals surface area contributed by atoms with Crippen LogP contribution in [0.25, 0.3) is 0 Å². The number of ether oxygens (including phenoxy) is 3. The standard InChI is InChI=1S/C23H28N2O7S/c1-5-7-10-32-22(28)17-16(13-8-9-14(26)15(11-13)30-4)18(23(29)31-6-2)21-25(19(17)24)20(27)12(3)33-21/h8-9,11-12,16,26H,5-7,10,24H2,1-4H3/t12-,16+/m1/s1. The first-order valence-corrected chi connectivity index (χ1v) is 11.6. The number of hydrogen-bond acceptors (Lipinski definition) is 9. The Labute approximate surface area is 196 Å². The Morgan fingerprint density at radius 3 is 2.52 bits per heavy atom. The number of aromatic hydroxyl groups is 1. The molecule has 2 aliphatic rings. The molecule has 1 aromatic rings. The van der Waals surface area contributed by atoms with Crippen LogP contribution in [-0.2, 0) is 23.9 Å². The minimum absolute atomic E-state index is 0.0336. The van der Waals surface area contributed by atoms with Crippen LogP contribution in [0, 0.1) is 0 Å². The minimum Gasteiger partial charge on any atom is -0.504 e. The Morgan fingerprint density at radius 1 is 1.18 bits per heavy atom. The molecule has 3 rings (SSSR count). The summed E-state index contributed by atoms with van der Waals surface area (Å²) in [6.07, 6.45) is 1.47. The van der Waals surface area contributed by atoms with Crippen molar-refractivity contribution in [2.75, 3.05) is 20.3 Å². The number of phenolic OH excluding ortho intramolecular Hbond substituents is 1. The van der Waals surface area contributed by atoms with E-state index in [2.05, 4.69) is 0 Å². The number of nitrogens with two attached hydrogens (primary N) is 1. The van der Waals surface area contributed by atoms with E-state index in [1.54, 1.807) is 19.9 Å². The van der Waals surface area contributed by atoms with E-state index in [4.69, 9.17) is 19.9 Å². The van der Waals surface area contributed by atoms with Gasteiger partial charge in [0.25, 0.3) is 0 Å². The van der Waals surface area contributed by atoms with Gasteiger partial charge >= 0.3 is 11.9 Å². The van der Waals surface area contributed by atoms with Gasteiger partial charge in [-0.3, -0.25) is 9.69 Å². The molecule has 0 bridgehead atoms. The molecular weight excluding hydrogens is 448 g/mol. The smallest absolute Gasteiger partial charge is 0.338 e. The van der Waals surface area contributed by atoms with Crippen LogP contribution in [0.15, 0.2) is 40.2 Å². The van der Waals surface area contributed by atoms with Crippen molar-refractivity contribution in [3.05, 3.63) is 45.8 Å². The lowest BCUT2D eigenvalue weighted by atomic mass is 9.82. The van der Waals surface area contributed by atoms with Crippen LogP contribution in [0.4, 0.5) is 0 Å². The van der Waals surface area contributed by atoms with Gasteiger partial charge in [-0.2, -0.15) is 0 Å². The van der Waals surface area contributed by atoms with E-state index in [0.29, 0.717) is 17.0 Å². The molecule has 2 atom stereocenters. The topological polar surface area (TPSA) is 128 Å². The van der Waals surface area contributed by atoms with E-state index >= 15 is 0 Å². The van der Waals surface area contributed by atoms with E-state index in [1.807, 2.05) is 6.92 Å². The summed E-state index contributed by atoms with van der Waals surface area (Å²) in [6, 6.07) is 4.49. The van der Waals surface area contributed by atoms with Crippen molar-refractivity contribution in [2.24, 2.45) is 5.73 Å². The fourth-order valence-electron chi connectivity index (χ4n) is 3.73. The highest BCUT2D eigenvalue weighted by Crippen LogP contribution is 2.50. The average Bonchev–Trinajstić information content (AvgIpc) is 3.08. The number of hydrogen-bond donors (Lipinski definition) is 2. The second-order valence-electron chi connectivity index (χ2n) is 7.53. The van der Waals surface area contributed by atoms with E-state index < -0.39 is 23.1 Å². The summed E-state index contributed by atoms with van der Waals surface area (Å²) in [6.45, 7) is 5.60. The Balaban J connectivity index is 2.25. The molecule has 9 nitrogen and oxygen atoms in total. The maximum absolute atomic E-state index is 13.2. The van der Waals surface area contributed by atoms with Gasteiger partial charge in [0.15, 0.2) is 11.5 Å². The zero-order chi connectivity index (χ0) is 24.3. The van der Waals surface area contributed by atoms with Gasteiger partial charge < -0.3 is 25.1 Å².